The minimum atomic E-state index is -0.849. The summed E-state index contributed by atoms with van der Waals surface area (Å²) in [7, 11) is 1.55. The molecule has 29 heavy (non-hydrogen) atoms. The van der Waals surface area contributed by atoms with Crippen LogP contribution >= 0.6 is 23.2 Å². The number of nitrogens with one attached hydrogen (secondary N) is 1. The fourth-order valence-corrected chi connectivity index (χ4v) is 3.22. The highest BCUT2D eigenvalue weighted by Crippen LogP contribution is 2.27. The summed E-state index contributed by atoms with van der Waals surface area (Å²) >= 11 is 12.1. The zero-order valence-corrected chi connectivity index (χ0v) is 17.1. The third-order valence-corrected chi connectivity index (χ3v) is 4.83. The summed E-state index contributed by atoms with van der Waals surface area (Å²) in [5, 5.41) is 11.2. The van der Waals surface area contributed by atoms with E-state index in [2.05, 4.69) is 9.98 Å². The monoisotopic (exact) mass is 433 g/mol. The Labute approximate surface area is 175 Å². The number of rotatable bonds is 5. The van der Waals surface area contributed by atoms with Crippen molar-refractivity contribution in [3.8, 4) is 17.3 Å². The van der Waals surface area contributed by atoms with Gasteiger partial charge in [-0.15, -0.1) is 0 Å². The first-order chi connectivity index (χ1) is 13.8. The summed E-state index contributed by atoms with van der Waals surface area (Å²) in [5.74, 6) is 0.0713. The SMILES string of the molecule is COc1ccccc1CN=C(C)c1c(O)n(-c2cc(Cl)ccc2Cl)c(=O)[nH]c1=O. The molecule has 0 amide bonds. The standard InChI is InChI=1S/C20H17Cl2N3O4/c1-11(23-10-12-5-3-4-6-16(12)29-2)17-18(26)24-20(28)25(19(17)27)15-9-13(21)7-8-14(15)22/h3-9,27H,10H2,1-2H3,(H,24,26,28). The second-order valence-electron chi connectivity index (χ2n) is 6.10. The molecule has 0 aliphatic rings. The lowest BCUT2D eigenvalue weighted by Crippen LogP contribution is -2.33. The largest absolute Gasteiger partial charge is 0.496 e. The van der Waals surface area contributed by atoms with Crippen molar-refractivity contribution in [2.45, 2.75) is 13.5 Å². The molecule has 3 aromatic rings. The molecule has 0 atom stereocenters. The van der Waals surface area contributed by atoms with Gasteiger partial charge >= 0.3 is 5.69 Å². The van der Waals surface area contributed by atoms with Crippen LogP contribution < -0.4 is 16.0 Å². The molecule has 9 heteroatoms. The van der Waals surface area contributed by atoms with Crippen molar-refractivity contribution in [3.63, 3.8) is 0 Å². The summed E-state index contributed by atoms with van der Waals surface area (Å²) in [6.07, 6.45) is 0. The maximum absolute atomic E-state index is 12.4. The van der Waals surface area contributed by atoms with E-state index in [4.69, 9.17) is 27.9 Å². The molecule has 2 aromatic carbocycles. The van der Waals surface area contributed by atoms with Gasteiger partial charge in [-0.2, -0.15) is 0 Å². The predicted molar refractivity (Wildman–Crippen MR) is 113 cm³/mol. The normalized spacial score (nSPS) is 11.5. The van der Waals surface area contributed by atoms with Gasteiger partial charge in [0.15, 0.2) is 0 Å². The van der Waals surface area contributed by atoms with Crippen LogP contribution in [0.15, 0.2) is 57.0 Å². The number of methoxy groups -OCH3 is 1. The summed E-state index contributed by atoms with van der Waals surface area (Å²) < 4.78 is 6.17. The van der Waals surface area contributed by atoms with E-state index < -0.39 is 17.1 Å². The zero-order valence-electron chi connectivity index (χ0n) is 15.6. The van der Waals surface area contributed by atoms with Crippen LogP contribution in [0.1, 0.15) is 18.1 Å². The molecule has 0 spiro atoms. The van der Waals surface area contributed by atoms with Gasteiger partial charge in [-0.3, -0.25) is 14.8 Å². The van der Waals surface area contributed by atoms with Crippen molar-refractivity contribution in [1.82, 2.24) is 9.55 Å². The van der Waals surface area contributed by atoms with Gasteiger partial charge in [0.2, 0.25) is 5.88 Å². The zero-order chi connectivity index (χ0) is 21.1. The Kier molecular flexibility index (Phi) is 6.10. The molecular weight excluding hydrogens is 417 g/mol. The summed E-state index contributed by atoms with van der Waals surface area (Å²) in [5.41, 5.74) is -0.577. The molecule has 0 bridgehead atoms. The Morgan fingerprint density at radius 2 is 1.93 bits per heavy atom. The highest BCUT2D eigenvalue weighted by Gasteiger charge is 2.19. The van der Waals surface area contributed by atoms with Crippen LogP contribution in [-0.2, 0) is 6.54 Å². The molecule has 0 saturated heterocycles. The smallest absolute Gasteiger partial charge is 0.335 e. The van der Waals surface area contributed by atoms with Gasteiger partial charge in [0.1, 0.15) is 11.3 Å². The van der Waals surface area contributed by atoms with Gasteiger partial charge in [0.25, 0.3) is 5.56 Å². The van der Waals surface area contributed by atoms with Crippen molar-refractivity contribution in [2.75, 3.05) is 7.11 Å². The average molecular weight is 434 g/mol. The van der Waals surface area contributed by atoms with Crippen LogP contribution in [0.4, 0.5) is 0 Å². The number of aromatic amines is 1. The Bertz CT molecular complexity index is 1220. The van der Waals surface area contributed by atoms with Gasteiger partial charge in [-0.25, -0.2) is 9.36 Å². The molecule has 0 unspecified atom stereocenters. The highest BCUT2D eigenvalue weighted by atomic mass is 35.5. The van der Waals surface area contributed by atoms with E-state index in [1.54, 1.807) is 26.2 Å². The fraction of sp³-hybridized carbons (Fsp3) is 0.150. The lowest BCUT2D eigenvalue weighted by Gasteiger charge is -2.13. The number of aromatic nitrogens is 2. The average Bonchev–Trinajstić information content (AvgIpc) is 2.68. The number of halogens is 2. The van der Waals surface area contributed by atoms with E-state index in [1.165, 1.54) is 12.1 Å². The van der Waals surface area contributed by atoms with Crippen LogP contribution in [0.25, 0.3) is 5.69 Å². The molecule has 0 aliphatic heterocycles. The number of benzene rings is 2. The van der Waals surface area contributed by atoms with Crippen LogP contribution in [0.2, 0.25) is 10.0 Å². The summed E-state index contributed by atoms with van der Waals surface area (Å²) in [4.78, 5) is 31.3. The van der Waals surface area contributed by atoms with E-state index in [0.29, 0.717) is 10.8 Å². The number of hydrogen-bond donors (Lipinski definition) is 2. The number of ether oxygens (including phenoxy) is 1. The Morgan fingerprint density at radius 3 is 2.66 bits per heavy atom. The van der Waals surface area contributed by atoms with Crippen molar-refractivity contribution in [1.29, 1.82) is 0 Å². The van der Waals surface area contributed by atoms with E-state index in [9.17, 15) is 14.7 Å². The van der Waals surface area contributed by atoms with Crippen LogP contribution in [-0.4, -0.2) is 27.5 Å². The van der Waals surface area contributed by atoms with Crippen LogP contribution in [0.3, 0.4) is 0 Å². The molecule has 2 N–H and O–H groups in total. The lowest BCUT2D eigenvalue weighted by atomic mass is 10.1. The molecule has 150 valence electrons. The molecule has 1 aromatic heterocycles. The molecular formula is C20H17Cl2N3O4. The Morgan fingerprint density at radius 1 is 1.21 bits per heavy atom. The summed E-state index contributed by atoms with van der Waals surface area (Å²) in [6.45, 7) is 1.78. The highest BCUT2D eigenvalue weighted by molar-refractivity contribution is 6.34. The number of aliphatic imine (C=N–C) groups is 1. The number of aromatic hydroxyl groups is 1. The molecule has 0 saturated carbocycles. The predicted octanol–water partition coefficient (Wildman–Crippen LogP) is 3.56. The van der Waals surface area contributed by atoms with Crippen molar-refractivity contribution in [2.24, 2.45) is 4.99 Å². The van der Waals surface area contributed by atoms with Crippen LogP contribution in [0, 0.1) is 0 Å². The molecule has 0 aliphatic carbocycles. The van der Waals surface area contributed by atoms with Gasteiger partial charge in [0, 0.05) is 10.6 Å². The minimum absolute atomic E-state index is 0.136. The fourth-order valence-electron chi connectivity index (χ4n) is 2.85. The summed E-state index contributed by atoms with van der Waals surface area (Å²) in [6, 6.07) is 11.8. The third-order valence-electron chi connectivity index (χ3n) is 4.28. The van der Waals surface area contributed by atoms with Gasteiger partial charge in [-0.05, 0) is 31.2 Å². The number of H-pyrrole nitrogens is 1. The lowest BCUT2D eigenvalue weighted by molar-refractivity contribution is 0.410. The second-order valence-corrected chi connectivity index (χ2v) is 6.95. The second kappa shape index (κ2) is 8.55. The number of nitrogens with zero attached hydrogens (tertiary/aromatic N) is 2. The van der Waals surface area contributed by atoms with E-state index in [1.807, 2.05) is 18.2 Å². The van der Waals surface area contributed by atoms with E-state index in [0.717, 1.165) is 10.1 Å². The van der Waals surface area contributed by atoms with Gasteiger partial charge in [0.05, 0.1) is 30.1 Å². The van der Waals surface area contributed by atoms with Gasteiger partial charge in [-0.1, -0.05) is 41.4 Å². The van der Waals surface area contributed by atoms with E-state index >= 15 is 0 Å². The third kappa shape index (κ3) is 4.21. The maximum Gasteiger partial charge on any atom is 0.335 e. The Hall–Kier alpha value is -3.03. The minimum Gasteiger partial charge on any atom is -0.496 e. The first-order valence-electron chi connectivity index (χ1n) is 8.50. The Balaban J connectivity index is 2.11. The number of para-hydroxylation sites is 1. The topological polar surface area (TPSA) is 96.7 Å². The molecule has 1 heterocycles. The molecule has 7 nitrogen and oxygen atoms in total. The number of hydrogen-bond acceptors (Lipinski definition) is 5. The molecule has 0 radical (unpaired) electrons. The van der Waals surface area contributed by atoms with E-state index in [-0.39, 0.29) is 28.5 Å². The van der Waals surface area contributed by atoms with Crippen molar-refractivity contribution >= 4 is 28.9 Å². The first kappa shape index (κ1) is 20.7. The van der Waals surface area contributed by atoms with Crippen LogP contribution in [0.5, 0.6) is 11.6 Å². The van der Waals surface area contributed by atoms with Gasteiger partial charge < -0.3 is 9.84 Å². The van der Waals surface area contributed by atoms with Crippen molar-refractivity contribution in [3.05, 3.63) is 84.5 Å². The van der Waals surface area contributed by atoms with Crippen molar-refractivity contribution < 1.29 is 9.84 Å². The maximum atomic E-state index is 12.4. The first-order valence-corrected chi connectivity index (χ1v) is 9.26. The molecule has 0 fully saturated rings. The molecule has 3 rings (SSSR count). The quantitative estimate of drug-likeness (QED) is 0.601.